The van der Waals surface area contributed by atoms with Gasteiger partial charge in [-0.3, -0.25) is 0 Å². The molecule has 4 atom stereocenters. The monoisotopic (exact) mass is 462 g/mol. The summed E-state index contributed by atoms with van der Waals surface area (Å²) in [4.78, 5) is 0. The summed E-state index contributed by atoms with van der Waals surface area (Å²) in [6.45, 7) is 19.6. The molecule has 2 nitrogen and oxygen atoms in total. The van der Waals surface area contributed by atoms with Crippen LogP contribution in [-0.4, -0.2) is 22.9 Å². The number of allylic oxidation sites excluding steroid dienone is 4. The SMILES string of the molecule is C/C(=C\C=C(/C)c1ccc(C)cc1)Cc1cc(C(C)(C)[C@H](C)C(C)[C@H](C)C(O)CO)ccc1C. The quantitative estimate of drug-likeness (QED) is 0.360. The van der Waals surface area contributed by atoms with Crippen LogP contribution in [-0.2, 0) is 11.8 Å². The fourth-order valence-corrected chi connectivity index (χ4v) is 4.69. The fourth-order valence-electron chi connectivity index (χ4n) is 4.69. The van der Waals surface area contributed by atoms with Crippen molar-refractivity contribution in [3.8, 4) is 0 Å². The zero-order valence-corrected chi connectivity index (χ0v) is 22.8. The second-order valence-electron chi connectivity index (χ2n) is 11.0. The van der Waals surface area contributed by atoms with E-state index in [1.54, 1.807) is 0 Å². The van der Waals surface area contributed by atoms with E-state index in [1.165, 1.54) is 39.0 Å². The van der Waals surface area contributed by atoms with Gasteiger partial charge in [-0.25, -0.2) is 0 Å². The fraction of sp³-hybridized carbons (Fsp3) is 0.500. The average molecular weight is 463 g/mol. The molecule has 0 aliphatic heterocycles. The van der Waals surface area contributed by atoms with E-state index in [2.05, 4.69) is 110 Å². The van der Waals surface area contributed by atoms with Crippen LogP contribution in [0, 0.1) is 31.6 Å². The van der Waals surface area contributed by atoms with Gasteiger partial charge in [0.25, 0.3) is 0 Å². The molecular formula is C32H46O2. The van der Waals surface area contributed by atoms with Crippen LogP contribution in [0.1, 0.15) is 76.3 Å². The smallest absolute Gasteiger partial charge is 0.0799 e. The third-order valence-electron chi connectivity index (χ3n) is 8.24. The molecule has 0 saturated carbocycles. The van der Waals surface area contributed by atoms with Gasteiger partial charge >= 0.3 is 0 Å². The Kier molecular flexibility index (Phi) is 9.91. The topological polar surface area (TPSA) is 40.5 Å². The van der Waals surface area contributed by atoms with Crippen molar-refractivity contribution in [2.24, 2.45) is 17.8 Å². The molecule has 2 heteroatoms. The molecule has 2 N–H and O–H groups in total. The summed E-state index contributed by atoms with van der Waals surface area (Å²) in [6, 6.07) is 15.6. The maximum atomic E-state index is 10.2. The molecule has 0 radical (unpaired) electrons. The summed E-state index contributed by atoms with van der Waals surface area (Å²) in [7, 11) is 0. The molecule has 0 aliphatic rings. The maximum Gasteiger partial charge on any atom is 0.0799 e. The Labute approximate surface area is 208 Å². The molecule has 34 heavy (non-hydrogen) atoms. The molecule has 0 amide bonds. The number of aryl methyl sites for hydroxylation is 2. The van der Waals surface area contributed by atoms with E-state index in [4.69, 9.17) is 0 Å². The van der Waals surface area contributed by atoms with Gasteiger partial charge in [0.2, 0.25) is 0 Å². The molecule has 0 bridgehead atoms. The first-order chi connectivity index (χ1) is 15.9. The first-order valence-electron chi connectivity index (χ1n) is 12.7. The first-order valence-corrected chi connectivity index (χ1v) is 12.7. The number of aliphatic hydroxyl groups excluding tert-OH is 2. The lowest BCUT2D eigenvalue weighted by Crippen LogP contribution is -2.38. The highest BCUT2D eigenvalue weighted by atomic mass is 16.3. The van der Waals surface area contributed by atoms with Crippen molar-refractivity contribution < 1.29 is 10.2 Å². The van der Waals surface area contributed by atoms with Crippen molar-refractivity contribution in [1.29, 1.82) is 0 Å². The second kappa shape index (κ2) is 12.0. The Bertz CT molecular complexity index is 994. The standard InChI is InChI=1S/C32H46O2/c1-21-11-15-28(16-12-21)23(3)13-10-22(2)18-29-19-30(17-14-24(29)4)32(8,9)27(7)25(5)26(6)31(34)20-33/h10-17,19,25-27,31,33-34H,18,20H2,1-9H3/b22-10+,23-13+/t25?,26-,27+,31?/m0/s1. The van der Waals surface area contributed by atoms with Gasteiger partial charge in [0, 0.05) is 0 Å². The summed E-state index contributed by atoms with van der Waals surface area (Å²) in [5.74, 6) is 0.660. The second-order valence-corrected chi connectivity index (χ2v) is 11.0. The van der Waals surface area contributed by atoms with Crippen molar-refractivity contribution in [2.45, 2.75) is 80.3 Å². The van der Waals surface area contributed by atoms with Crippen LogP contribution in [0.3, 0.4) is 0 Å². The molecule has 0 heterocycles. The molecule has 2 aromatic rings. The molecule has 2 aromatic carbocycles. The molecule has 0 fully saturated rings. The van der Waals surface area contributed by atoms with E-state index >= 15 is 0 Å². The van der Waals surface area contributed by atoms with Gasteiger partial charge in [0.05, 0.1) is 12.7 Å². The highest BCUT2D eigenvalue weighted by Crippen LogP contribution is 2.40. The van der Waals surface area contributed by atoms with Crippen molar-refractivity contribution >= 4 is 5.57 Å². The van der Waals surface area contributed by atoms with Crippen LogP contribution < -0.4 is 0 Å². The number of rotatable bonds is 10. The molecule has 0 aromatic heterocycles. The Hall–Kier alpha value is -2.16. The maximum absolute atomic E-state index is 10.2. The van der Waals surface area contributed by atoms with Gasteiger partial charge in [-0.15, -0.1) is 0 Å². The van der Waals surface area contributed by atoms with E-state index in [9.17, 15) is 10.2 Å². The molecule has 2 unspecified atom stereocenters. The molecular weight excluding hydrogens is 416 g/mol. The Morgan fingerprint density at radius 3 is 2.12 bits per heavy atom. The average Bonchev–Trinajstić information content (AvgIpc) is 2.82. The van der Waals surface area contributed by atoms with Crippen molar-refractivity contribution in [2.75, 3.05) is 6.61 Å². The molecule has 186 valence electrons. The van der Waals surface area contributed by atoms with Gasteiger partial charge in [0.1, 0.15) is 0 Å². The van der Waals surface area contributed by atoms with Gasteiger partial charge < -0.3 is 10.2 Å². The molecule has 0 saturated heterocycles. The number of hydrogen-bond acceptors (Lipinski definition) is 2. The number of aliphatic hydroxyl groups is 2. The lowest BCUT2D eigenvalue weighted by atomic mass is 9.65. The minimum atomic E-state index is -0.675. The first kappa shape index (κ1) is 28.1. The zero-order valence-electron chi connectivity index (χ0n) is 22.8. The van der Waals surface area contributed by atoms with Crippen LogP contribution in [0.15, 0.2) is 60.2 Å². The number of hydrogen-bond donors (Lipinski definition) is 2. The third kappa shape index (κ3) is 6.93. The van der Waals surface area contributed by atoms with Crippen LogP contribution in [0.4, 0.5) is 0 Å². The molecule has 0 aliphatic carbocycles. The van der Waals surface area contributed by atoms with Crippen LogP contribution in [0.2, 0.25) is 0 Å². The van der Waals surface area contributed by atoms with E-state index in [0.717, 1.165) is 6.42 Å². The van der Waals surface area contributed by atoms with E-state index in [0.29, 0.717) is 5.92 Å². The van der Waals surface area contributed by atoms with Crippen LogP contribution >= 0.6 is 0 Å². The summed E-state index contributed by atoms with van der Waals surface area (Å²) in [5, 5.41) is 19.6. The predicted octanol–water partition coefficient (Wildman–Crippen LogP) is 7.43. The Morgan fingerprint density at radius 2 is 1.53 bits per heavy atom. The van der Waals surface area contributed by atoms with Gasteiger partial charge in [-0.1, -0.05) is 100 Å². The summed E-state index contributed by atoms with van der Waals surface area (Å²) in [5.41, 5.74) is 9.11. The summed E-state index contributed by atoms with van der Waals surface area (Å²) < 4.78 is 0. The minimum absolute atomic E-state index is 0.0397. The van der Waals surface area contributed by atoms with Gasteiger partial charge in [0.15, 0.2) is 0 Å². The van der Waals surface area contributed by atoms with Crippen molar-refractivity contribution in [3.63, 3.8) is 0 Å². The zero-order chi connectivity index (χ0) is 25.6. The van der Waals surface area contributed by atoms with E-state index in [-0.39, 0.29) is 23.9 Å². The molecule has 2 rings (SSSR count). The Balaban J connectivity index is 2.23. The van der Waals surface area contributed by atoms with Gasteiger partial charge in [-0.05, 0) is 85.1 Å². The van der Waals surface area contributed by atoms with E-state index < -0.39 is 6.10 Å². The highest BCUT2D eigenvalue weighted by molar-refractivity contribution is 5.65. The van der Waals surface area contributed by atoms with Crippen molar-refractivity contribution in [1.82, 2.24) is 0 Å². The van der Waals surface area contributed by atoms with E-state index in [1.807, 2.05) is 6.92 Å². The highest BCUT2D eigenvalue weighted by Gasteiger charge is 2.35. The normalized spacial score (nSPS) is 16.8. The predicted molar refractivity (Wildman–Crippen MR) is 147 cm³/mol. The van der Waals surface area contributed by atoms with Crippen LogP contribution in [0.25, 0.3) is 5.57 Å². The minimum Gasteiger partial charge on any atom is -0.394 e. The molecule has 0 spiro atoms. The lowest BCUT2D eigenvalue weighted by molar-refractivity contribution is 0.0148. The van der Waals surface area contributed by atoms with Crippen molar-refractivity contribution in [3.05, 3.63) is 88.0 Å². The van der Waals surface area contributed by atoms with Crippen LogP contribution in [0.5, 0.6) is 0 Å². The summed E-state index contributed by atoms with van der Waals surface area (Å²) in [6.07, 6.45) is 4.72. The Morgan fingerprint density at radius 1 is 0.912 bits per heavy atom. The van der Waals surface area contributed by atoms with Gasteiger partial charge in [-0.2, -0.15) is 0 Å². The lowest BCUT2D eigenvalue weighted by Gasteiger charge is -2.40. The summed E-state index contributed by atoms with van der Waals surface area (Å²) >= 11 is 0. The number of benzene rings is 2. The third-order valence-corrected chi connectivity index (χ3v) is 8.24. The largest absolute Gasteiger partial charge is 0.394 e.